The minimum absolute atomic E-state index is 0.0638. The Labute approximate surface area is 198 Å². The van der Waals surface area contributed by atoms with Crippen LogP contribution >= 0.6 is 24.0 Å². The van der Waals surface area contributed by atoms with Crippen molar-refractivity contribution in [2.75, 3.05) is 23.3 Å². The Bertz CT molecular complexity index is 1030. The molecule has 9 heteroatoms. The van der Waals surface area contributed by atoms with Gasteiger partial charge in [0.25, 0.3) is 0 Å². The van der Waals surface area contributed by atoms with E-state index in [1.165, 1.54) is 18.2 Å². The lowest BCUT2D eigenvalue weighted by Gasteiger charge is -2.32. The van der Waals surface area contributed by atoms with Gasteiger partial charge < -0.3 is 15.5 Å². The van der Waals surface area contributed by atoms with Crippen LogP contribution in [-0.2, 0) is 0 Å². The van der Waals surface area contributed by atoms with Crippen molar-refractivity contribution >= 4 is 40.9 Å². The summed E-state index contributed by atoms with van der Waals surface area (Å²) in [5.74, 6) is 2.00. The summed E-state index contributed by atoms with van der Waals surface area (Å²) >= 11 is 6.97. The highest BCUT2D eigenvalue weighted by Gasteiger charge is 2.20. The Morgan fingerprint density at radius 3 is 2.69 bits per heavy atom. The van der Waals surface area contributed by atoms with Crippen LogP contribution in [0.25, 0.3) is 0 Å². The molecule has 2 atom stereocenters. The van der Waals surface area contributed by atoms with Gasteiger partial charge in [0.2, 0.25) is 5.95 Å². The average molecular weight is 466 g/mol. The lowest BCUT2D eigenvalue weighted by Crippen LogP contribution is -2.35. The largest absolute Gasteiger partial charge is 0.356 e. The number of benzene rings is 1. The normalized spacial score (nSPS) is 16.9. The van der Waals surface area contributed by atoms with Gasteiger partial charge in [-0.2, -0.15) is 4.98 Å². The zero-order chi connectivity index (χ0) is 22.3. The Kier molecular flexibility index (Phi) is 7.49. The molecule has 0 spiro atoms. The van der Waals surface area contributed by atoms with Gasteiger partial charge in [-0.25, -0.2) is 15.0 Å². The number of hydrogen-bond acceptors (Lipinski definition) is 7. The summed E-state index contributed by atoms with van der Waals surface area (Å²) in [7, 11) is 0. The van der Waals surface area contributed by atoms with Crippen LogP contribution in [0.2, 0.25) is 0 Å². The van der Waals surface area contributed by atoms with Gasteiger partial charge in [-0.1, -0.05) is 37.3 Å². The van der Waals surface area contributed by atoms with Gasteiger partial charge in [0.05, 0.1) is 6.04 Å². The fourth-order valence-corrected chi connectivity index (χ4v) is 4.65. The molecule has 166 valence electrons. The predicted octanol–water partition coefficient (Wildman–Crippen LogP) is 4.70. The standard InChI is InChI=1S/C23H27N7S2/c1-16-8-6-13-30(15-16)19-14-20(32-23-24-11-7-12-25-23)28-21(27-19)29-22(31)26-17(2)18-9-4-3-5-10-18/h3-5,7,9-12,14,16-17H,6,8,13,15H2,1-2H3,(H2,26,27,28,29,31)/t16-,17+/m0/s1. The first-order valence-corrected chi connectivity index (χ1v) is 12.0. The van der Waals surface area contributed by atoms with Gasteiger partial charge in [0.1, 0.15) is 10.8 Å². The Balaban J connectivity index is 1.53. The van der Waals surface area contributed by atoms with Crippen LogP contribution in [0, 0.1) is 5.92 Å². The second kappa shape index (κ2) is 10.7. The van der Waals surface area contributed by atoms with Gasteiger partial charge in [-0.05, 0) is 61.3 Å². The first-order valence-electron chi connectivity index (χ1n) is 10.8. The lowest BCUT2D eigenvalue weighted by molar-refractivity contribution is 0.444. The summed E-state index contributed by atoms with van der Waals surface area (Å²) in [5, 5.41) is 8.40. The molecule has 0 radical (unpaired) electrons. The zero-order valence-electron chi connectivity index (χ0n) is 18.2. The molecule has 1 aliphatic heterocycles. The first-order chi connectivity index (χ1) is 15.6. The van der Waals surface area contributed by atoms with E-state index >= 15 is 0 Å². The van der Waals surface area contributed by atoms with Crippen LogP contribution in [0.1, 0.15) is 38.3 Å². The molecule has 0 amide bonds. The van der Waals surface area contributed by atoms with Crippen molar-refractivity contribution < 1.29 is 0 Å². The smallest absolute Gasteiger partial charge is 0.232 e. The van der Waals surface area contributed by atoms with E-state index in [4.69, 9.17) is 17.2 Å². The van der Waals surface area contributed by atoms with E-state index in [2.05, 4.69) is 56.5 Å². The number of aromatic nitrogens is 4. The van der Waals surface area contributed by atoms with Gasteiger partial charge in [0, 0.05) is 31.5 Å². The van der Waals surface area contributed by atoms with E-state index in [1.807, 2.05) is 24.3 Å². The van der Waals surface area contributed by atoms with Crippen LogP contribution in [0.15, 0.2) is 65.0 Å². The van der Waals surface area contributed by atoms with E-state index in [1.54, 1.807) is 18.5 Å². The number of thiocarbonyl (C=S) groups is 1. The van der Waals surface area contributed by atoms with E-state index in [-0.39, 0.29) is 6.04 Å². The first kappa shape index (κ1) is 22.4. The maximum Gasteiger partial charge on any atom is 0.232 e. The molecule has 2 aromatic heterocycles. The predicted molar refractivity (Wildman–Crippen MR) is 133 cm³/mol. The fourth-order valence-electron chi connectivity index (χ4n) is 3.67. The Morgan fingerprint density at radius 2 is 1.94 bits per heavy atom. The third-order valence-electron chi connectivity index (χ3n) is 5.28. The molecule has 3 heterocycles. The minimum Gasteiger partial charge on any atom is -0.356 e. The highest BCUT2D eigenvalue weighted by atomic mass is 32.2. The summed E-state index contributed by atoms with van der Waals surface area (Å²) in [5.41, 5.74) is 1.16. The Morgan fingerprint density at radius 1 is 1.16 bits per heavy atom. The van der Waals surface area contributed by atoms with Crippen molar-refractivity contribution in [2.45, 2.75) is 42.9 Å². The lowest BCUT2D eigenvalue weighted by atomic mass is 10.0. The fraction of sp³-hybridized carbons (Fsp3) is 0.348. The molecule has 1 aliphatic rings. The number of piperidine rings is 1. The number of hydrogen-bond donors (Lipinski definition) is 2. The molecule has 3 aromatic rings. The second-order valence-electron chi connectivity index (χ2n) is 7.95. The van der Waals surface area contributed by atoms with Crippen LogP contribution < -0.4 is 15.5 Å². The third kappa shape index (κ3) is 6.14. The van der Waals surface area contributed by atoms with E-state index in [0.717, 1.165) is 35.9 Å². The topological polar surface area (TPSA) is 78.9 Å². The van der Waals surface area contributed by atoms with E-state index in [0.29, 0.717) is 22.1 Å². The minimum atomic E-state index is 0.0638. The van der Waals surface area contributed by atoms with Gasteiger partial charge in [-0.3, -0.25) is 0 Å². The van der Waals surface area contributed by atoms with Crippen molar-refractivity contribution in [2.24, 2.45) is 5.92 Å². The summed E-state index contributed by atoms with van der Waals surface area (Å²) in [6.07, 6.45) is 5.87. The molecule has 4 rings (SSSR count). The molecule has 0 saturated carbocycles. The zero-order valence-corrected chi connectivity index (χ0v) is 19.9. The van der Waals surface area contributed by atoms with E-state index in [9.17, 15) is 0 Å². The second-order valence-corrected chi connectivity index (χ2v) is 9.34. The highest BCUT2D eigenvalue weighted by molar-refractivity contribution is 7.99. The molecule has 0 unspecified atom stereocenters. The number of anilines is 2. The van der Waals surface area contributed by atoms with Crippen molar-refractivity contribution in [3.05, 3.63) is 60.4 Å². The monoisotopic (exact) mass is 465 g/mol. The molecule has 7 nitrogen and oxygen atoms in total. The van der Waals surface area contributed by atoms with Crippen LogP contribution in [0.5, 0.6) is 0 Å². The number of rotatable bonds is 6. The highest BCUT2D eigenvalue weighted by Crippen LogP contribution is 2.29. The molecular weight excluding hydrogens is 438 g/mol. The molecule has 0 bridgehead atoms. The molecule has 1 saturated heterocycles. The maximum absolute atomic E-state index is 5.56. The van der Waals surface area contributed by atoms with Crippen molar-refractivity contribution in [1.29, 1.82) is 0 Å². The molecular formula is C23H27N7S2. The summed E-state index contributed by atoms with van der Waals surface area (Å²) < 4.78 is 0. The van der Waals surface area contributed by atoms with Crippen LogP contribution in [0.3, 0.4) is 0 Å². The maximum atomic E-state index is 5.56. The van der Waals surface area contributed by atoms with Crippen LogP contribution in [-0.4, -0.2) is 38.1 Å². The number of nitrogens with one attached hydrogen (secondary N) is 2. The van der Waals surface area contributed by atoms with Crippen molar-refractivity contribution in [3.8, 4) is 0 Å². The SMILES string of the molecule is C[C@H]1CCCN(c2cc(Sc3ncccn3)nc(NC(=S)N[C@H](C)c3ccccc3)n2)C1. The Hall–Kier alpha value is -2.78. The van der Waals surface area contributed by atoms with Gasteiger partial charge in [-0.15, -0.1) is 0 Å². The molecule has 1 aromatic carbocycles. The van der Waals surface area contributed by atoms with Gasteiger partial charge in [0.15, 0.2) is 10.3 Å². The third-order valence-corrected chi connectivity index (χ3v) is 6.31. The van der Waals surface area contributed by atoms with Crippen molar-refractivity contribution in [3.63, 3.8) is 0 Å². The molecule has 2 N–H and O–H groups in total. The quantitative estimate of drug-likeness (QED) is 0.306. The summed E-state index contributed by atoms with van der Waals surface area (Å²) in [6, 6.07) is 14.1. The number of nitrogens with zero attached hydrogens (tertiary/aromatic N) is 5. The van der Waals surface area contributed by atoms with E-state index < -0.39 is 0 Å². The average Bonchev–Trinajstić information content (AvgIpc) is 2.80. The van der Waals surface area contributed by atoms with Crippen molar-refractivity contribution in [1.82, 2.24) is 25.3 Å². The van der Waals surface area contributed by atoms with Gasteiger partial charge >= 0.3 is 0 Å². The van der Waals surface area contributed by atoms with Crippen LogP contribution in [0.4, 0.5) is 11.8 Å². The molecule has 1 fully saturated rings. The summed E-state index contributed by atoms with van der Waals surface area (Å²) in [6.45, 7) is 6.32. The molecule has 32 heavy (non-hydrogen) atoms. The molecule has 0 aliphatic carbocycles. The summed E-state index contributed by atoms with van der Waals surface area (Å²) in [4.78, 5) is 20.4.